The van der Waals surface area contributed by atoms with Gasteiger partial charge in [0.05, 0.1) is 26.2 Å². The molecule has 0 spiro atoms. The molecule has 0 saturated carbocycles. The Bertz CT molecular complexity index is 491. The van der Waals surface area contributed by atoms with Gasteiger partial charge in [-0.25, -0.2) is 0 Å². The van der Waals surface area contributed by atoms with Gasteiger partial charge < -0.3 is 14.6 Å². The Hall–Kier alpha value is -2.04. The molecule has 0 atom stereocenters. The van der Waals surface area contributed by atoms with Crippen molar-refractivity contribution in [1.82, 2.24) is 0 Å². The number of hydrogen-bond acceptors (Lipinski definition) is 4. The fraction of sp³-hybridized carbons (Fsp3) is 0.429. The molecule has 0 aliphatic heterocycles. The highest BCUT2D eigenvalue weighted by Gasteiger charge is 2.26. The van der Waals surface area contributed by atoms with Crippen LogP contribution in [-0.4, -0.2) is 31.6 Å². The second-order valence-corrected chi connectivity index (χ2v) is 4.87. The summed E-state index contributed by atoms with van der Waals surface area (Å²) in [5, 5.41) is 8.94. The third-order valence-corrected chi connectivity index (χ3v) is 3.01. The number of aldehydes is 1. The van der Waals surface area contributed by atoms with Crippen LogP contribution >= 0.6 is 0 Å². The van der Waals surface area contributed by atoms with Crippen LogP contribution in [0.2, 0.25) is 0 Å². The molecule has 0 saturated heterocycles. The van der Waals surface area contributed by atoms with Crippen molar-refractivity contribution in [3.05, 3.63) is 23.3 Å². The number of carboxylic acid groups (broad SMARTS) is 1. The monoisotopic (exact) mass is 266 g/mol. The van der Waals surface area contributed by atoms with Crippen LogP contribution in [0.4, 0.5) is 0 Å². The minimum atomic E-state index is -0.896. The molecule has 19 heavy (non-hydrogen) atoms. The van der Waals surface area contributed by atoms with Gasteiger partial charge >= 0.3 is 5.97 Å². The molecule has 1 aromatic rings. The molecule has 0 aromatic heterocycles. The fourth-order valence-electron chi connectivity index (χ4n) is 1.95. The van der Waals surface area contributed by atoms with Gasteiger partial charge in [-0.1, -0.05) is 13.8 Å². The number of aliphatic carboxylic acids is 1. The van der Waals surface area contributed by atoms with Crippen molar-refractivity contribution in [2.24, 2.45) is 0 Å². The van der Waals surface area contributed by atoms with E-state index in [1.807, 2.05) is 0 Å². The molecule has 5 heteroatoms. The topological polar surface area (TPSA) is 72.8 Å². The molecule has 0 bridgehead atoms. The molecular formula is C14H18O5. The maximum absolute atomic E-state index is 11.1. The van der Waals surface area contributed by atoms with E-state index >= 15 is 0 Å². The Labute approximate surface area is 112 Å². The van der Waals surface area contributed by atoms with E-state index in [-0.39, 0.29) is 6.42 Å². The second-order valence-electron chi connectivity index (χ2n) is 4.87. The number of benzene rings is 1. The van der Waals surface area contributed by atoms with Gasteiger partial charge in [0.2, 0.25) is 0 Å². The summed E-state index contributed by atoms with van der Waals surface area (Å²) in [7, 11) is 2.92. The average molecular weight is 266 g/mol. The van der Waals surface area contributed by atoms with Crippen LogP contribution in [0, 0.1) is 0 Å². The Kier molecular flexibility index (Phi) is 4.53. The summed E-state index contributed by atoms with van der Waals surface area (Å²) >= 11 is 0. The Morgan fingerprint density at radius 1 is 1.32 bits per heavy atom. The molecule has 0 unspecified atom stereocenters. The highest BCUT2D eigenvalue weighted by Crippen LogP contribution is 2.37. The Morgan fingerprint density at radius 3 is 2.37 bits per heavy atom. The number of ether oxygens (including phenoxy) is 2. The molecule has 0 radical (unpaired) electrons. The average Bonchev–Trinajstić information content (AvgIpc) is 2.35. The summed E-state index contributed by atoms with van der Waals surface area (Å²) in [5.41, 5.74) is 0.452. The van der Waals surface area contributed by atoms with Gasteiger partial charge in [-0.3, -0.25) is 9.59 Å². The summed E-state index contributed by atoms with van der Waals surface area (Å²) in [6, 6.07) is 3.34. The maximum Gasteiger partial charge on any atom is 0.304 e. The number of carboxylic acids is 1. The number of methoxy groups -OCH3 is 2. The molecule has 0 heterocycles. The molecular weight excluding hydrogens is 248 g/mol. The first-order chi connectivity index (χ1) is 8.85. The predicted molar refractivity (Wildman–Crippen MR) is 70.2 cm³/mol. The highest BCUT2D eigenvalue weighted by atomic mass is 16.5. The van der Waals surface area contributed by atoms with Gasteiger partial charge in [-0.2, -0.15) is 0 Å². The first-order valence-corrected chi connectivity index (χ1v) is 5.79. The van der Waals surface area contributed by atoms with Crippen LogP contribution in [0.3, 0.4) is 0 Å². The van der Waals surface area contributed by atoms with E-state index in [2.05, 4.69) is 0 Å². The smallest absolute Gasteiger partial charge is 0.304 e. The van der Waals surface area contributed by atoms with Crippen LogP contribution in [0.25, 0.3) is 0 Å². The number of rotatable bonds is 6. The van der Waals surface area contributed by atoms with Crippen LogP contribution in [0.15, 0.2) is 12.1 Å². The van der Waals surface area contributed by atoms with Gasteiger partial charge in [0.15, 0.2) is 17.8 Å². The number of carbonyl (C=O) groups is 2. The van der Waals surface area contributed by atoms with E-state index in [0.29, 0.717) is 23.3 Å². The SMILES string of the molecule is COc1cc(C(C)(C)CC(=O)O)cc(C=O)c1OC. The standard InChI is InChI=1S/C14H18O5/c1-14(2,7-12(16)17)10-5-9(8-15)13(19-4)11(6-10)18-3/h5-6,8H,7H2,1-4H3,(H,16,17). The second kappa shape index (κ2) is 5.73. The van der Waals surface area contributed by atoms with Crippen molar-refractivity contribution in [3.8, 4) is 11.5 Å². The summed E-state index contributed by atoms with van der Waals surface area (Å²) < 4.78 is 10.3. The zero-order valence-electron chi connectivity index (χ0n) is 11.5. The van der Waals surface area contributed by atoms with Crippen molar-refractivity contribution >= 4 is 12.3 Å². The van der Waals surface area contributed by atoms with Crippen molar-refractivity contribution in [2.45, 2.75) is 25.7 Å². The zero-order valence-corrected chi connectivity index (χ0v) is 11.5. The molecule has 0 aliphatic carbocycles. The molecule has 104 valence electrons. The zero-order chi connectivity index (χ0) is 14.6. The highest BCUT2D eigenvalue weighted by molar-refractivity contribution is 5.82. The summed E-state index contributed by atoms with van der Waals surface area (Å²) in [4.78, 5) is 22.0. The fourth-order valence-corrected chi connectivity index (χ4v) is 1.95. The van der Waals surface area contributed by atoms with Crippen molar-refractivity contribution < 1.29 is 24.2 Å². The summed E-state index contributed by atoms with van der Waals surface area (Å²) in [5.74, 6) is -0.125. The Morgan fingerprint density at radius 2 is 1.95 bits per heavy atom. The van der Waals surface area contributed by atoms with Crippen molar-refractivity contribution in [3.63, 3.8) is 0 Å². The van der Waals surface area contributed by atoms with Gasteiger partial charge in [-0.15, -0.1) is 0 Å². The first kappa shape index (κ1) is 15.0. The molecule has 0 fully saturated rings. The maximum atomic E-state index is 11.1. The van der Waals surface area contributed by atoms with Gasteiger partial charge in [0.25, 0.3) is 0 Å². The molecule has 1 N–H and O–H groups in total. The van der Waals surface area contributed by atoms with E-state index in [1.165, 1.54) is 14.2 Å². The van der Waals surface area contributed by atoms with E-state index in [9.17, 15) is 9.59 Å². The quantitative estimate of drug-likeness (QED) is 0.799. The lowest BCUT2D eigenvalue weighted by molar-refractivity contribution is -0.138. The molecule has 0 amide bonds. The van der Waals surface area contributed by atoms with Crippen LogP contribution < -0.4 is 9.47 Å². The largest absolute Gasteiger partial charge is 0.493 e. The minimum absolute atomic E-state index is 0.0409. The number of hydrogen-bond donors (Lipinski definition) is 1. The van der Waals surface area contributed by atoms with Crippen LogP contribution in [0.1, 0.15) is 36.2 Å². The third kappa shape index (κ3) is 3.24. The summed E-state index contributed by atoms with van der Waals surface area (Å²) in [6.07, 6.45) is 0.627. The normalized spacial score (nSPS) is 10.9. The van der Waals surface area contributed by atoms with Gasteiger partial charge in [0, 0.05) is 5.41 Å². The predicted octanol–water partition coefficient (Wildman–Crippen LogP) is 2.27. The summed E-state index contributed by atoms with van der Waals surface area (Å²) in [6.45, 7) is 3.61. The van der Waals surface area contributed by atoms with Crippen molar-refractivity contribution in [2.75, 3.05) is 14.2 Å². The minimum Gasteiger partial charge on any atom is -0.493 e. The van der Waals surface area contributed by atoms with Gasteiger partial charge in [0.1, 0.15) is 0 Å². The van der Waals surface area contributed by atoms with Crippen LogP contribution in [0.5, 0.6) is 11.5 Å². The lowest BCUT2D eigenvalue weighted by atomic mass is 9.81. The lowest BCUT2D eigenvalue weighted by Gasteiger charge is -2.25. The van der Waals surface area contributed by atoms with E-state index in [1.54, 1.807) is 26.0 Å². The number of carbonyl (C=O) groups excluding carboxylic acids is 1. The molecule has 0 aliphatic rings. The van der Waals surface area contributed by atoms with E-state index in [4.69, 9.17) is 14.6 Å². The van der Waals surface area contributed by atoms with Crippen molar-refractivity contribution in [1.29, 1.82) is 0 Å². The van der Waals surface area contributed by atoms with Gasteiger partial charge in [-0.05, 0) is 17.7 Å². The van der Waals surface area contributed by atoms with E-state index in [0.717, 1.165) is 5.56 Å². The molecule has 1 aromatic carbocycles. The molecule has 5 nitrogen and oxygen atoms in total. The van der Waals surface area contributed by atoms with E-state index < -0.39 is 11.4 Å². The first-order valence-electron chi connectivity index (χ1n) is 5.79. The third-order valence-electron chi connectivity index (χ3n) is 3.01. The van der Waals surface area contributed by atoms with Crippen LogP contribution in [-0.2, 0) is 10.2 Å². The lowest BCUT2D eigenvalue weighted by Crippen LogP contribution is -2.22. The molecule has 1 rings (SSSR count). The Balaban J connectivity index is 3.37.